The standard InChI is InChI=1S/C8H9BrN4/c1-2-5-8(10)13-4-6(9)11-3-7(13)12-5/h3-4H,2,10H2,1H3. The summed E-state index contributed by atoms with van der Waals surface area (Å²) in [6, 6.07) is 0. The Morgan fingerprint density at radius 3 is 3.08 bits per heavy atom. The van der Waals surface area contributed by atoms with E-state index in [9.17, 15) is 0 Å². The van der Waals surface area contributed by atoms with Gasteiger partial charge in [0.1, 0.15) is 10.4 Å². The van der Waals surface area contributed by atoms with Gasteiger partial charge in [-0.25, -0.2) is 9.97 Å². The first kappa shape index (κ1) is 8.50. The predicted molar refractivity (Wildman–Crippen MR) is 54.5 cm³/mol. The number of nitrogen functional groups attached to an aromatic ring is 1. The van der Waals surface area contributed by atoms with Gasteiger partial charge >= 0.3 is 0 Å². The van der Waals surface area contributed by atoms with Crippen LogP contribution in [0.1, 0.15) is 12.6 Å². The van der Waals surface area contributed by atoms with Crippen molar-refractivity contribution in [2.24, 2.45) is 0 Å². The van der Waals surface area contributed by atoms with E-state index in [2.05, 4.69) is 25.9 Å². The first-order chi connectivity index (χ1) is 6.22. The van der Waals surface area contributed by atoms with Crippen LogP contribution in [0.3, 0.4) is 0 Å². The molecule has 0 fully saturated rings. The van der Waals surface area contributed by atoms with E-state index in [1.807, 2.05) is 17.5 Å². The highest BCUT2D eigenvalue weighted by Gasteiger charge is 2.07. The van der Waals surface area contributed by atoms with Crippen LogP contribution < -0.4 is 5.73 Å². The zero-order chi connectivity index (χ0) is 9.42. The third-order valence-electron chi connectivity index (χ3n) is 1.93. The monoisotopic (exact) mass is 240 g/mol. The summed E-state index contributed by atoms with van der Waals surface area (Å²) in [6.07, 6.45) is 4.35. The molecule has 0 aliphatic heterocycles. The Labute approximate surface area is 83.9 Å². The number of fused-ring (bicyclic) bond motifs is 1. The van der Waals surface area contributed by atoms with Crippen LogP contribution in [0.25, 0.3) is 5.65 Å². The van der Waals surface area contributed by atoms with E-state index >= 15 is 0 Å². The molecule has 0 spiro atoms. The molecule has 68 valence electrons. The number of imidazole rings is 1. The summed E-state index contributed by atoms with van der Waals surface area (Å²) >= 11 is 3.28. The molecule has 0 radical (unpaired) electrons. The SMILES string of the molecule is CCc1nc2cnc(Br)cn2c1N. The van der Waals surface area contributed by atoms with Crippen molar-refractivity contribution in [1.82, 2.24) is 14.4 Å². The molecule has 13 heavy (non-hydrogen) atoms. The minimum Gasteiger partial charge on any atom is -0.383 e. The molecular formula is C8H9BrN4. The second-order valence-electron chi connectivity index (χ2n) is 2.74. The molecule has 0 bridgehead atoms. The van der Waals surface area contributed by atoms with E-state index in [0.717, 1.165) is 22.4 Å². The van der Waals surface area contributed by atoms with Crippen LogP contribution in [0.5, 0.6) is 0 Å². The van der Waals surface area contributed by atoms with E-state index < -0.39 is 0 Å². The van der Waals surface area contributed by atoms with Crippen LogP contribution in [-0.2, 0) is 6.42 Å². The smallest absolute Gasteiger partial charge is 0.157 e. The molecule has 0 aliphatic rings. The highest BCUT2D eigenvalue weighted by molar-refractivity contribution is 9.10. The van der Waals surface area contributed by atoms with Crippen molar-refractivity contribution in [2.75, 3.05) is 5.73 Å². The maximum Gasteiger partial charge on any atom is 0.157 e. The Morgan fingerprint density at radius 1 is 1.62 bits per heavy atom. The van der Waals surface area contributed by atoms with Gasteiger partial charge in [0, 0.05) is 6.20 Å². The third-order valence-corrected chi connectivity index (χ3v) is 2.33. The molecule has 2 heterocycles. The molecule has 0 unspecified atom stereocenters. The largest absolute Gasteiger partial charge is 0.383 e. The maximum absolute atomic E-state index is 5.87. The Balaban J connectivity index is 2.77. The molecule has 0 saturated heterocycles. The van der Waals surface area contributed by atoms with Gasteiger partial charge < -0.3 is 5.73 Å². The normalized spacial score (nSPS) is 10.9. The van der Waals surface area contributed by atoms with Crippen molar-refractivity contribution in [1.29, 1.82) is 0 Å². The molecule has 2 aromatic heterocycles. The van der Waals surface area contributed by atoms with Crippen LogP contribution in [0.15, 0.2) is 17.0 Å². The number of rotatable bonds is 1. The number of nitrogens with two attached hydrogens (primary N) is 1. The molecule has 0 aromatic carbocycles. The fourth-order valence-electron chi connectivity index (χ4n) is 1.26. The van der Waals surface area contributed by atoms with Crippen molar-refractivity contribution in [3.8, 4) is 0 Å². The number of aryl methyl sites for hydroxylation is 1. The van der Waals surface area contributed by atoms with Crippen LogP contribution in [0.4, 0.5) is 5.82 Å². The lowest BCUT2D eigenvalue weighted by Gasteiger charge is -1.96. The molecule has 2 rings (SSSR count). The lowest BCUT2D eigenvalue weighted by atomic mass is 10.3. The van der Waals surface area contributed by atoms with Crippen LogP contribution >= 0.6 is 15.9 Å². The number of halogens is 1. The van der Waals surface area contributed by atoms with Gasteiger partial charge in [-0.1, -0.05) is 6.92 Å². The van der Waals surface area contributed by atoms with Gasteiger partial charge in [-0.2, -0.15) is 0 Å². The Hall–Kier alpha value is -1.10. The van der Waals surface area contributed by atoms with Crippen LogP contribution in [0, 0.1) is 0 Å². The number of aromatic nitrogens is 3. The van der Waals surface area contributed by atoms with Gasteiger partial charge in [0.05, 0.1) is 11.9 Å². The fourth-order valence-corrected chi connectivity index (χ4v) is 1.57. The number of hydrogen-bond acceptors (Lipinski definition) is 3. The molecule has 0 amide bonds. The first-order valence-electron chi connectivity index (χ1n) is 4.00. The molecule has 5 heteroatoms. The summed E-state index contributed by atoms with van der Waals surface area (Å²) in [4.78, 5) is 8.40. The van der Waals surface area contributed by atoms with E-state index in [0.29, 0.717) is 5.82 Å². The number of hydrogen-bond donors (Lipinski definition) is 1. The van der Waals surface area contributed by atoms with Crippen molar-refractivity contribution in [2.45, 2.75) is 13.3 Å². The average molecular weight is 241 g/mol. The quantitative estimate of drug-likeness (QED) is 0.825. The molecule has 2 aromatic rings. The summed E-state index contributed by atoms with van der Waals surface area (Å²) in [5.74, 6) is 0.695. The Bertz CT molecular complexity index is 449. The summed E-state index contributed by atoms with van der Waals surface area (Å²) < 4.78 is 2.59. The van der Waals surface area contributed by atoms with Gasteiger partial charge in [0.25, 0.3) is 0 Å². The summed E-state index contributed by atoms with van der Waals surface area (Å²) in [6.45, 7) is 2.03. The summed E-state index contributed by atoms with van der Waals surface area (Å²) in [5, 5.41) is 0. The lowest BCUT2D eigenvalue weighted by molar-refractivity contribution is 1.07. The molecular weight excluding hydrogens is 232 g/mol. The van der Waals surface area contributed by atoms with Gasteiger partial charge in [0.15, 0.2) is 5.65 Å². The molecule has 0 atom stereocenters. The lowest BCUT2D eigenvalue weighted by Crippen LogP contribution is -1.95. The second-order valence-corrected chi connectivity index (χ2v) is 3.55. The molecule has 4 nitrogen and oxygen atoms in total. The topological polar surface area (TPSA) is 56.2 Å². The van der Waals surface area contributed by atoms with Crippen LogP contribution in [0.2, 0.25) is 0 Å². The number of anilines is 1. The van der Waals surface area contributed by atoms with Gasteiger partial charge in [-0.3, -0.25) is 4.40 Å². The Kier molecular flexibility index (Phi) is 1.95. The highest BCUT2D eigenvalue weighted by Crippen LogP contribution is 2.16. The molecule has 0 aliphatic carbocycles. The second kappa shape index (κ2) is 2.99. The zero-order valence-corrected chi connectivity index (χ0v) is 8.74. The van der Waals surface area contributed by atoms with Gasteiger partial charge in [-0.15, -0.1) is 0 Å². The minimum atomic E-state index is 0.695. The van der Waals surface area contributed by atoms with Gasteiger partial charge in [-0.05, 0) is 22.4 Å². The predicted octanol–water partition coefficient (Wildman–Crippen LogP) is 1.64. The summed E-state index contributed by atoms with van der Waals surface area (Å²) in [7, 11) is 0. The third kappa shape index (κ3) is 1.29. The van der Waals surface area contributed by atoms with Crippen molar-refractivity contribution < 1.29 is 0 Å². The van der Waals surface area contributed by atoms with Crippen molar-refractivity contribution in [3.63, 3.8) is 0 Å². The summed E-state index contributed by atoms with van der Waals surface area (Å²) in [5.41, 5.74) is 7.58. The van der Waals surface area contributed by atoms with Crippen molar-refractivity contribution >= 4 is 27.4 Å². The van der Waals surface area contributed by atoms with E-state index in [-0.39, 0.29) is 0 Å². The molecule has 2 N–H and O–H groups in total. The molecule has 0 saturated carbocycles. The van der Waals surface area contributed by atoms with Crippen molar-refractivity contribution in [3.05, 3.63) is 22.7 Å². The first-order valence-corrected chi connectivity index (χ1v) is 4.79. The number of nitrogens with zero attached hydrogens (tertiary/aromatic N) is 3. The van der Waals surface area contributed by atoms with E-state index in [1.54, 1.807) is 6.20 Å². The Morgan fingerprint density at radius 2 is 2.38 bits per heavy atom. The highest BCUT2D eigenvalue weighted by atomic mass is 79.9. The average Bonchev–Trinajstić information content (AvgIpc) is 2.44. The van der Waals surface area contributed by atoms with Gasteiger partial charge in [0.2, 0.25) is 0 Å². The maximum atomic E-state index is 5.87. The van der Waals surface area contributed by atoms with E-state index in [1.165, 1.54) is 0 Å². The van der Waals surface area contributed by atoms with E-state index in [4.69, 9.17) is 5.73 Å². The van der Waals surface area contributed by atoms with Crippen LogP contribution in [-0.4, -0.2) is 14.4 Å². The zero-order valence-electron chi connectivity index (χ0n) is 7.16. The minimum absolute atomic E-state index is 0.695. The fraction of sp³-hybridized carbons (Fsp3) is 0.250.